The maximum atomic E-state index is 14.8. The highest BCUT2D eigenvalue weighted by atomic mass is 19.1. The van der Waals surface area contributed by atoms with Crippen LogP contribution in [0.1, 0.15) is 39.2 Å². The van der Waals surface area contributed by atoms with Crippen LogP contribution < -0.4 is 9.64 Å². The molecule has 0 bridgehead atoms. The first-order valence-electron chi connectivity index (χ1n) is 10.2. The number of carbonyl (C=O) groups is 2. The van der Waals surface area contributed by atoms with Crippen molar-refractivity contribution in [3.05, 3.63) is 47.3 Å². The van der Waals surface area contributed by atoms with Crippen LogP contribution >= 0.6 is 0 Å². The Morgan fingerprint density at radius 3 is 2.38 bits per heavy atom. The van der Waals surface area contributed by atoms with E-state index >= 15 is 0 Å². The summed E-state index contributed by atoms with van der Waals surface area (Å²) in [4.78, 5) is 24.2. The molecule has 0 radical (unpaired) electrons. The summed E-state index contributed by atoms with van der Waals surface area (Å²) in [5.74, 6) is -3.83. The van der Waals surface area contributed by atoms with Crippen molar-refractivity contribution in [2.45, 2.75) is 45.6 Å². The number of benzene rings is 2. The van der Waals surface area contributed by atoms with Crippen LogP contribution in [0.3, 0.4) is 0 Å². The van der Waals surface area contributed by atoms with Crippen molar-refractivity contribution in [3.63, 3.8) is 0 Å². The Balaban J connectivity index is 1.89. The zero-order chi connectivity index (χ0) is 23.6. The van der Waals surface area contributed by atoms with E-state index in [1.54, 1.807) is 20.8 Å². The van der Waals surface area contributed by atoms with Gasteiger partial charge in [0.1, 0.15) is 5.82 Å². The Kier molecular flexibility index (Phi) is 6.66. The van der Waals surface area contributed by atoms with Gasteiger partial charge in [0, 0.05) is 17.5 Å². The van der Waals surface area contributed by atoms with Gasteiger partial charge >= 0.3 is 12.1 Å². The van der Waals surface area contributed by atoms with Crippen molar-refractivity contribution < 1.29 is 37.3 Å². The number of carbonyl (C=O) groups excluding carboxylic acids is 1. The normalized spacial score (nSPS) is 14.2. The number of ether oxygens (including phenoxy) is 2. The fourth-order valence-electron chi connectivity index (χ4n) is 3.97. The van der Waals surface area contributed by atoms with Crippen molar-refractivity contribution in [2.75, 3.05) is 18.1 Å². The highest BCUT2D eigenvalue weighted by Crippen LogP contribution is 2.45. The van der Waals surface area contributed by atoms with E-state index < -0.39 is 40.8 Å². The molecule has 0 atom stereocenters. The van der Waals surface area contributed by atoms with Gasteiger partial charge in [0.15, 0.2) is 17.4 Å². The molecule has 1 aliphatic heterocycles. The fourth-order valence-corrected chi connectivity index (χ4v) is 3.97. The number of anilines is 1. The minimum atomic E-state index is -1.20. The molecule has 32 heavy (non-hydrogen) atoms. The molecule has 0 aliphatic carbocycles. The second-order valence-electron chi connectivity index (χ2n) is 8.05. The molecular formula is C23H24F3NO5. The molecule has 0 aromatic heterocycles. The smallest absolute Gasteiger partial charge is 0.412 e. The largest absolute Gasteiger partial charge is 0.488 e. The van der Waals surface area contributed by atoms with E-state index in [1.807, 2.05) is 0 Å². The standard InChI is InChI=1S/C23H24F3NO5/c1-4-31-19(28)6-5-9-32-21-16(25)10-13(11-17(21)26)20-14-12-23(2,3)27(22(29)30)18(14)8-7-15(20)24/h7-8,10-11H,4-6,9,12H2,1-3H3,(H,29,30). The molecule has 1 heterocycles. The minimum absolute atomic E-state index is 0.0480. The van der Waals surface area contributed by atoms with Crippen LogP contribution in [0.2, 0.25) is 0 Å². The Morgan fingerprint density at radius 2 is 1.78 bits per heavy atom. The monoisotopic (exact) mass is 451 g/mol. The van der Waals surface area contributed by atoms with E-state index in [2.05, 4.69) is 0 Å². The lowest BCUT2D eigenvalue weighted by atomic mass is 9.92. The zero-order valence-corrected chi connectivity index (χ0v) is 18.0. The molecule has 2 aromatic rings. The summed E-state index contributed by atoms with van der Waals surface area (Å²) in [6.45, 7) is 5.19. The second-order valence-corrected chi connectivity index (χ2v) is 8.05. The fraction of sp³-hybridized carbons (Fsp3) is 0.391. The summed E-state index contributed by atoms with van der Waals surface area (Å²) in [5, 5.41) is 9.58. The molecule has 6 nitrogen and oxygen atoms in total. The van der Waals surface area contributed by atoms with Crippen LogP contribution in [0.25, 0.3) is 11.1 Å². The van der Waals surface area contributed by atoms with Crippen molar-refractivity contribution in [1.29, 1.82) is 0 Å². The zero-order valence-electron chi connectivity index (χ0n) is 18.0. The van der Waals surface area contributed by atoms with Crippen molar-refractivity contribution >= 4 is 17.7 Å². The van der Waals surface area contributed by atoms with E-state index in [-0.39, 0.29) is 49.3 Å². The van der Waals surface area contributed by atoms with E-state index in [0.29, 0.717) is 5.56 Å². The average Bonchev–Trinajstić information content (AvgIpc) is 2.96. The predicted molar refractivity (Wildman–Crippen MR) is 111 cm³/mol. The lowest BCUT2D eigenvalue weighted by Gasteiger charge is -2.29. The number of hydrogen-bond acceptors (Lipinski definition) is 4. The number of rotatable bonds is 7. The number of nitrogens with zero attached hydrogens (tertiary/aromatic N) is 1. The van der Waals surface area contributed by atoms with Crippen molar-refractivity contribution in [3.8, 4) is 16.9 Å². The lowest BCUT2D eigenvalue weighted by molar-refractivity contribution is -0.143. The van der Waals surface area contributed by atoms with Gasteiger partial charge in [-0.15, -0.1) is 0 Å². The van der Waals surface area contributed by atoms with E-state index in [4.69, 9.17) is 9.47 Å². The first-order valence-corrected chi connectivity index (χ1v) is 10.2. The summed E-state index contributed by atoms with van der Waals surface area (Å²) in [5.41, 5.74) is -0.323. The van der Waals surface area contributed by atoms with Gasteiger partial charge in [-0.05, 0) is 69.0 Å². The minimum Gasteiger partial charge on any atom is -0.488 e. The maximum Gasteiger partial charge on any atom is 0.412 e. The number of esters is 1. The molecule has 172 valence electrons. The molecular weight excluding hydrogens is 427 g/mol. The van der Waals surface area contributed by atoms with Gasteiger partial charge in [-0.1, -0.05) is 0 Å². The van der Waals surface area contributed by atoms with E-state index in [9.17, 15) is 27.9 Å². The van der Waals surface area contributed by atoms with Gasteiger partial charge in [-0.25, -0.2) is 18.0 Å². The van der Waals surface area contributed by atoms with Gasteiger partial charge in [0.05, 0.1) is 18.9 Å². The summed E-state index contributed by atoms with van der Waals surface area (Å²) < 4.78 is 54.0. The Hall–Kier alpha value is -3.23. The summed E-state index contributed by atoms with van der Waals surface area (Å²) in [6, 6.07) is 4.35. The molecule has 0 spiro atoms. The van der Waals surface area contributed by atoms with Crippen LogP contribution in [0, 0.1) is 17.5 Å². The quantitative estimate of drug-likeness (QED) is 0.456. The van der Waals surface area contributed by atoms with Crippen LogP contribution in [-0.2, 0) is 16.0 Å². The molecule has 0 unspecified atom stereocenters. The molecule has 0 saturated carbocycles. The summed E-state index contributed by atoms with van der Waals surface area (Å²) in [7, 11) is 0. The molecule has 1 N–H and O–H groups in total. The Bertz CT molecular complexity index is 1030. The van der Waals surface area contributed by atoms with Crippen LogP contribution in [-0.4, -0.2) is 35.9 Å². The van der Waals surface area contributed by atoms with E-state index in [1.165, 1.54) is 6.07 Å². The lowest BCUT2D eigenvalue weighted by Crippen LogP contribution is -2.44. The van der Waals surface area contributed by atoms with Gasteiger partial charge in [0.25, 0.3) is 0 Å². The first kappa shape index (κ1) is 23.4. The number of carboxylic acid groups (broad SMARTS) is 1. The van der Waals surface area contributed by atoms with Crippen LogP contribution in [0.15, 0.2) is 24.3 Å². The third-order valence-corrected chi connectivity index (χ3v) is 5.25. The van der Waals surface area contributed by atoms with Crippen molar-refractivity contribution in [1.82, 2.24) is 0 Å². The SMILES string of the molecule is CCOC(=O)CCCOc1c(F)cc(-c2c(F)ccc3c2CC(C)(C)N3C(=O)O)cc1F. The average molecular weight is 451 g/mol. The molecule has 0 fully saturated rings. The maximum absolute atomic E-state index is 14.8. The summed E-state index contributed by atoms with van der Waals surface area (Å²) in [6.07, 6.45) is -0.764. The number of hydrogen-bond donors (Lipinski definition) is 1. The predicted octanol–water partition coefficient (Wildman–Crippen LogP) is 5.31. The van der Waals surface area contributed by atoms with Crippen molar-refractivity contribution in [2.24, 2.45) is 0 Å². The number of halogens is 3. The molecule has 2 aromatic carbocycles. The molecule has 1 amide bonds. The Morgan fingerprint density at radius 1 is 1.12 bits per heavy atom. The molecule has 3 rings (SSSR count). The molecule has 1 aliphatic rings. The van der Waals surface area contributed by atoms with Gasteiger partial charge in [-0.3, -0.25) is 9.69 Å². The Labute approximate surface area is 183 Å². The third-order valence-electron chi connectivity index (χ3n) is 5.25. The van der Waals surface area contributed by atoms with Crippen LogP contribution in [0.4, 0.5) is 23.7 Å². The van der Waals surface area contributed by atoms with Gasteiger partial charge < -0.3 is 14.6 Å². The van der Waals surface area contributed by atoms with Gasteiger partial charge in [0.2, 0.25) is 0 Å². The third kappa shape index (κ3) is 4.51. The topological polar surface area (TPSA) is 76.1 Å². The molecule has 0 saturated heterocycles. The van der Waals surface area contributed by atoms with Gasteiger partial charge in [-0.2, -0.15) is 0 Å². The number of amides is 1. The highest BCUT2D eigenvalue weighted by molar-refractivity contribution is 5.93. The summed E-state index contributed by atoms with van der Waals surface area (Å²) >= 11 is 0. The highest BCUT2D eigenvalue weighted by Gasteiger charge is 2.42. The second kappa shape index (κ2) is 9.10. The van der Waals surface area contributed by atoms with E-state index in [0.717, 1.165) is 23.1 Å². The van der Waals surface area contributed by atoms with Crippen LogP contribution in [0.5, 0.6) is 5.75 Å². The molecule has 9 heteroatoms. The number of fused-ring (bicyclic) bond motifs is 1. The first-order chi connectivity index (χ1) is 15.1.